The van der Waals surface area contributed by atoms with Crippen LogP contribution in [0.15, 0.2) is 27.5 Å². The number of esters is 1. The lowest BCUT2D eigenvalue weighted by atomic mass is 10.1. The number of rotatable bonds is 7. The van der Waals surface area contributed by atoms with Gasteiger partial charge in [-0.15, -0.1) is 0 Å². The van der Waals surface area contributed by atoms with E-state index in [1.165, 1.54) is 12.1 Å². The summed E-state index contributed by atoms with van der Waals surface area (Å²) in [4.78, 5) is 12.0. The molecular formula is C16H22N2O5S. The van der Waals surface area contributed by atoms with Crippen molar-refractivity contribution in [1.29, 1.82) is 0 Å². The molecule has 1 atom stereocenters. The van der Waals surface area contributed by atoms with Crippen molar-refractivity contribution in [1.82, 2.24) is 10.0 Å². The monoisotopic (exact) mass is 354 g/mol. The Balaban J connectivity index is 2.37. The molecule has 0 spiro atoms. The molecule has 0 amide bonds. The molecule has 1 aromatic carbocycles. The molecule has 2 N–H and O–H groups in total. The second kappa shape index (κ2) is 7.33. The highest BCUT2D eigenvalue weighted by Gasteiger charge is 2.21. The van der Waals surface area contributed by atoms with Crippen molar-refractivity contribution in [3.63, 3.8) is 0 Å². The maximum Gasteiger partial charge on any atom is 0.374 e. The van der Waals surface area contributed by atoms with E-state index in [0.29, 0.717) is 16.5 Å². The van der Waals surface area contributed by atoms with Gasteiger partial charge in [0, 0.05) is 23.5 Å². The summed E-state index contributed by atoms with van der Waals surface area (Å²) in [5, 5.41) is 3.53. The number of hydrogen-bond donors (Lipinski definition) is 2. The number of sulfonamides is 1. The lowest BCUT2D eigenvalue weighted by Gasteiger charge is -2.12. The second-order valence-corrected chi connectivity index (χ2v) is 7.24. The number of hydrogen-bond acceptors (Lipinski definition) is 6. The van der Waals surface area contributed by atoms with Crippen LogP contribution in [0.5, 0.6) is 0 Å². The largest absolute Gasteiger partial charge is 0.460 e. The fourth-order valence-electron chi connectivity index (χ4n) is 2.18. The molecule has 7 nitrogen and oxygen atoms in total. The molecule has 0 aliphatic carbocycles. The zero-order valence-corrected chi connectivity index (χ0v) is 15.0. The van der Waals surface area contributed by atoms with Crippen LogP contribution in [0.3, 0.4) is 0 Å². The lowest BCUT2D eigenvalue weighted by molar-refractivity contribution is 0.0491. The van der Waals surface area contributed by atoms with Crippen LogP contribution < -0.4 is 10.0 Å². The zero-order chi connectivity index (χ0) is 17.9. The predicted octanol–water partition coefficient (Wildman–Crippen LogP) is 1.80. The molecule has 1 heterocycles. The molecule has 0 aliphatic rings. The molecule has 0 fully saturated rings. The topological polar surface area (TPSA) is 97.6 Å². The molecule has 0 radical (unpaired) electrons. The van der Waals surface area contributed by atoms with Crippen LogP contribution in [0, 0.1) is 6.92 Å². The average Bonchev–Trinajstić information content (AvgIpc) is 2.89. The van der Waals surface area contributed by atoms with E-state index in [-0.39, 0.29) is 29.8 Å². The van der Waals surface area contributed by atoms with Crippen molar-refractivity contribution in [2.45, 2.75) is 31.7 Å². The van der Waals surface area contributed by atoms with Gasteiger partial charge in [-0.3, -0.25) is 0 Å². The van der Waals surface area contributed by atoms with Crippen LogP contribution in [0.2, 0.25) is 0 Å². The average molecular weight is 354 g/mol. The van der Waals surface area contributed by atoms with Crippen LogP contribution in [-0.2, 0) is 14.8 Å². The summed E-state index contributed by atoms with van der Waals surface area (Å²) in [5.74, 6) is -0.463. The maximum atomic E-state index is 12.4. The highest BCUT2D eigenvalue weighted by atomic mass is 32.2. The van der Waals surface area contributed by atoms with Gasteiger partial charge in [-0.05, 0) is 46.0 Å². The standard InChI is InChI=1S/C16H22N2O5S/c1-5-22-16(19)15-11(3)13-8-12(6-7-14(13)23-15)24(20,21)18-9-10(2)17-4/h6-8,10,17-18H,5,9H2,1-4H3/t10-/m1/s1. The predicted molar refractivity (Wildman–Crippen MR) is 90.6 cm³/mol. The SMILES string of the molecule is CCOC(=O)c1oc2ccc(S(=O)(=O)NC[C@@H](C)NC)cc2c1C. The summed E-state index contributed by atoms with van der Waals surface area (Å²) in [6.07, 6.45) is 0. The highest BCUT2D eigenvalue weighted by molar-refractivity contribution is 7.89. The van der Waals surface area contributed by atoms with Gasteiger partial charge in [0.05, 0.1) is 11.5 Å². The Labute approximate surface area is 141 Å². The molecule has 0 saturated carbocycles. The quantitative estimate of drug-likeness (QED) is 0.736. The summed E-state index contributed by atoms with van der Waals surface area (Å²) >= 11 is 0. The minimum absolute atomic E-state index is 0.00887. The number of nitrogens with one attached hydrogen (secondary N) is 2. The molecule has 1 aromatic heterocycles. The zero-order valence-electron chi connectivity index (χ0n) is 14.2. The van der Waals surface area contributed by atoms with E-state index in [4.69, 9.17) is 9.15 Å². The number of aryl methyl sites for hydroxylation is 1. The second-order valence-electron chi connectivity index (χ2n) is 5.48. The normalized spacial score (nSPS) is 13.2. The first-order valence-corrected chi connectivity index (χ1v) is 9.15. The number of carbonyl (C=O) groups is 1. The maximum absolute atomic E-state index is 12.4. The minimum Gasteiger partial charge on any atom is -0.460 e. The molecule has 8 heteroatoms. The Morgan fingerprint density at radius 1 is 1.38 bits per heavy atom. The first-order valence-electron chi connectivity index (χ1n) is 7.67. The Morgan fingerprint density at radius 2 is 2.08 bits per heavy atom. The summed E-state index contributed by atoms with van der Waals surface area (Å²) in [6.45, 7) is 5.79. The number of likely N-dealkylation sites (N-methyl/N-ethyl adjacent to an activating group) is 1. The van der Waals surface area contributed by atoms with Crippen molar-refractivity contribution >= 4 is 27.0 Å². The van der Waals surface area contributed by atoms with Gasteiger partial charge in [0.2, 0.25) is 15.8 Å². The summed E-state index contributed by atoms with van der Waals surface area (Å²) < 4.78 is 37.8. The summed E-state index contributed by atoms with van der Waals surface area (Å²) in [5.41, 5.74) is 1.00. The number of benzene rings is 1. The van der Waals surface area contributed by atoms with Crippen molar-refractivity contribution in [3.8, 4) is 0 Å². The van der Waals surface area contributed by atoms with Gasteiger partial charge in [0.1, 0.15) is 5.58 Å². The van der Waals surface area contributed by atoms with Crippen molar-refractivity contribution in [2.24, 2.45) is 0 Å². The Morgan fingerprint density at radius 3 is 2.71 bits per heavy atom. The molecule has 24 heavy (non-hydrogen) atoms. The number of fused-ring (bicyclic) bond motifs is 1. The van der Waals surface area contributed by atoms with Crippen molar-refractivity contribution < 1.29 is 22.4 Å². The third-order valence-corrected chi connectivity index (χ3v) is 5.17. The van der Waals surface area contributed by atoms with E-state index in [1.807, 2.05) is 6.92 Å². The fraction of sp³-hybridized carbons (Fsp3) is 0.438. The van der Waals surface area contributed by atoms with Gasteiger partial charge in [-0.2, -0.15) is 0 Å². The van der Waals surface area contributed by atoms with Crippen LogP contribution in [0.4, 0.5) is 0 Å². The molecule has 0 bridgehead atoms. The first kappa shape index (κ1) is 18.4. The van der Waals surface area contributed by atoms with Crippen LogP contribution >= 0.6 is 0 Å². The van der Waals surface area contributed by atoms with Gasteiger partial charge < -0.3 is 14.5 Å². The molecule has 2 rings (SSSR count). The van der Waals surface area contributed by atoms with Crippen LogP contribution in [-0.4, -0.2) is 40.6 Å². The smallest absolute Gasteiger partial charge is 0.374 e. The highest BCUT2D eigenvalue weighted by Crippen LogP contribution is 2.28. The van der Waals surface area contributed by atoms with Gasteiger partial charge >= 0.3 is 5.97 Å². The number of ether oxygens (including phenoxy) is 1. The van der Waals surface area contributed by atoms with Gasteiger partial charge in [0.15, 0.2) is 0 Å². The third-order valence-electron chi connectivity index (χ3n) is 3.75. The Bertz CT molecular complexity index is 842. The van der Waals surface area contributed by atoms with Crippen molar-refractivity contribution in [3.05, 3.63) is 29.5 Å². The van der Waals surface area contributed by atoms with E-state index >= 15 is 0 Å². The van der Waals surface area contributed by atoms with Gasteiger partial charge in [-0.1, -0.05) is 0 Å². The molecule has 132 valence electrons. The van der Waals surface area contributed by atoms with Gasteiger partial charge in [-0.25, -0.2) is 17.9 Å². The molecule has 0 unspecified atom stereocenters. The van der Waals surface area contributed by atoms with E-state index in [1.54, 1.807) is 27.0 Å². The molecule has 0 aliphatic heterocycles. The molecule has 0 saturated heterocycles. The fourth-order valence-corrected chi connectivity index (χ4v) is 3.33. The summed E-state index contributed by atoms with van der Waals surface area (Å²) in [6, 6.07) is 4.51. The van der Waals surface area contributed by atoms with Gasteiger partial charge in [0.25, 0.3) is 0 Å². The van der Waals surface area contributed by atoms with E-state index in [9.17, 15) is 13.2 Å². The van der Waals surface area contributed by atoms with E-state index in [2.05, 4.69) is 10.0 Å². The van der Waals surface area contributed by atoms with E-state index in [0.717, 1.165) is 0 Å². The van der Waals surface area contributed by atoms with Crippen molar-refractivity contribution in [2.75, 3.05) is 20.2 Å². The van der Waals surface area contributed by atoms with Crippen LogP contribution in [0.25, 0.3) is 11.0 Å². The lowest BCUT2D eigenvalue weighted by Crippen LogP contribution is -2.37. The number of furan rings is 1. The molecule has 2 aromatic rings. The molecular weight excluding hydrogens is 332 g/mol. The van der Waals surface area contributed by atoms with Crippen LogP contribution in [0.1, 0.15) is 30.0 Å². The third kappa shape index (κ3) is 3.77. The summed E-state index contributed by atoms with van der Waals surface area (Å²) in [7, 11) is -1.88. The minimum atomic E-state index is -3.64. The Kier molecular flexibility index (Phi) is 5.63. The van der Waals surface area contributed by atoms with E-state index < -0.39 is 16.0 Å². The first-order chi connectivity index (χ1) is 11.3. The Hall–Kier alpha value is -1.90. The number of carbonyl (C=O) groups excluding carboxylic acids is 1.